The van der Waals surface area contributed by atoms with Gasteiger partial charge in [0.05, 0.1) is 28.4 Å². The van der Waals surface area contributed by atoms with Gasteiger partial charge in [0.15, 0.2) is 0 Å². The average molecular weight is 440 g/mol. The van der Waals surface area contributed by atoms with Crippen LogP contribution in [0.2, 0.25) is 5.02 Å². The summed E-state index contributed by atoms with van der Waals surface area (Å²) in [6.07, 6.45) is -4.32. The lowest BCUT2D eigenvalue weighted by atomic mass is 9.94. The van der Waals surface area contributed by atoms with Crippen LogP contribution in [-0.4, -0.2) is 36.7 Å². The lowest BCUT2D eigenvalue weighted by Gasteiger charge is -2.30. The van der Waals surface area contributed by atoms with Gasteiger partial charge in [0.2, 0.25) is 0 Å². The van der Waals surface area contributed by atoms with E-state index in [4.69, 9.17) is 17.3 Å². The molecule has 0 unspecified atom stereocenters. The minimum absolute atomic E-state index is 0.0148. The zero-order valence-corrected chi connectivity index (χ0v) is 16.7. The summed E-state index contributed by atoms with van der Waals surface area (Å²) in [5.74, 6) is -1.01. The molecule has 2 N–H and O–H groups in total. The predicted octanol–water partition coefficient (Wildman–Crippen LogP) is 4.68. The summed E-state index contributed by atoms with van der Waals surface area (Å²) in [7, 11) is 1.58. The molecule has 1 aliphatic heterocycles. The zero-order valence-electron chi connectivity index (χ0n) is 15.9. The highest BCUT2D eigenvalue weighted by Gasteiger charge is 2.35. The topological polar surface area (TPSA) is 58.7 Å². The van der Waals surface area contributed by atoms with Gasteiger partial charge in [-0.3, -0.25) is 9.79 Å². The maximum Gasteiger partial charge on any atom is 0.417 e. The fourth-order valence-corrected chi connectivity index (χ4v) is 3.68. The maximum atomic E-state index is 13.2. The van der Waals surface area contributed by atoms with E-state index in [0.29, 0.717) is 29.0 Å². The normalized spacial score (nSPS) is 15.5. The number of halogens is 5. The second-order valence-corrected chi connectivity index (χ2v) is 7.10. The minimum Gasteiger partial charge on any atom is -0.400 e. The Balaban J connectivity index is 1.87. The van der Waals surface area contributed by atoms with Crippen molar-refractivity contribution in [3.8, 4) is 0 Å². The first kappa shape index (κ1) is 21.8. The van der Waals surface area contributed by atoms with Gasteiger partial charge >= 0.3 is 6.18 Å². The van der Waals surface area contributed by atoms with Gasteiger partial charge in [0.1, 0.15) is 5.82 Å². The van der Waals surface area contributed by atoms with E-state index in [9.17, 15) is 22.4 Å². The van der Waals surface area contributed by atoms with Crippen molar-refractivity contribution in [3.05, 3.63) is 81.3 Å². The summed E-state index contributed by atoms with van der Waals surface area (Å²) >= 11 is 5.88. The number of nitrogens with two attached hydrogens (primary N) is 1. The summed E-state index contributed by atoms with van der Waals surface area (Å²) in [5.41, 5.74) is 7.22. The lowest BCUT2D eigenvalue weighted by Crippen LogP contribution is -2.40. The van der Waals surface area contributed by atoms with Crippen LogP contribution in [-0.2, 0) is 6.18 Å². The molecule has 0 radical (unpaired) electrons. The SMILES string of the molecule is CN=C(C1=C(N)CN(C(=O)c2cccc(C(F)(F)F)c2Cl)CC1)c1ccc(F)cc1. The van der Waals surface area contributed by atoms with Crippen LogP contribution in [0.4, 0.5) is 17.6 Å². The molecule has 0 atom stereocenters. The van der Waals surface area contributed by atoms with Crippen LogP contribution in [0.5, 0.6) is 0 Å². The Morgan fingerprint density at radius 1 is 1.17 bits per heavy atom. The maximum absolute atomic E-state index is 13.2. The molecule has 0 aromatic heterocycles. The third-order valence-electron chi connectivity index (χ3n) is 4.83. The smallest absolute Gasteiger partial charge is 0.400 e. The Morgan fingerprint density at radius 2 is 1.83 bits per heavy atom. The average Bonchev–Trinajstić information content (AvgIpc) is 2.69. The van der Waals surface area contributed by atoms with E-state index in [-0.39, 0.29) is 24.5 Å². The van der Waals surface area contributed by atoms with Gasteiger partial charge in [-0.15, -0.1) is 0 Å². The van der Waals surface area contributed by atoms with Gasteiger partial charge in [-0.25, -0.2) is 4.39 Å². The third-order valence-corrected chi connectivity index (χ3v) is 5.24. The molecule has 0 saturated heterocycles. The first-order chi connectivity index (χ1) is 14.1. The number of aliphatic imine (C=N–C) groups is 1. The molecule has 1 heterocycles. The number of benzene rings is 2. The number of hydrogen-bond donors (Lipinski definition) is 1. The molecular formula is C21H18ClF4N3O. The van der Waals surface area contributed by atoms with Crippen LogP contribution in [0.25, 0.3) is 0 Å². The molecule has 0 fully saturated rings. The van der Waals surface area contributed by atoms with E-state index in [0.717, 1.165) is 12.1 Å². The molecule has 158 valence electrons. The molecule has 2 aromatic rings. The standard InChI is InChI=1S/C21H18ClF4N3O/c1-28-19(12-5-7-13(23)8-6-12)14-9-10-29(11-17(14)27)20(30)15-3-2-4-16(18(15)22)21(24,25)26/h2-8H,9-11,27H2,1H3. The van der Waals surface area contributed by atoms with E-state index in [1.807, 2.05) is 0 Å². The molecule has 3 rings (SSSR count). The van der Waals surface area contributed by atoms with Crippen molar-refractivity contribution < 1.29 is 22.4 Å². The van der Waals surface area contributed by atoms with Crippen molar-refractivity contribution in [2.45, 2.75) is 12.6 Å². The summed E-state index contributed by atoms with van der Waals surface area (Å²) in [4.78, 5) is 18.4. The first-order valence-electron chi connectivity index (χ1n) is 8.99. The second-order valence-electron chi connectivity index (χ2n) is 6.72. The van der Waals surface area contributed by atoms with Crippen molar-refractivity contribution in [1.82, 2.24) is 4.90 Å². The van der Waals surface area contributed by atoms with Gasteiger partial charge in [-0.1, -0.05) is 17.7 Å². The molecule has 2 aromatic carbocycles. The molecule has 0 saturated carbocycles. The fourth-order valence-electron chi connectivity index (χ4n) is 3.36. The molecular weight excluding hydrogens is 422 g/mol. The van der Waals surface area contributed by atoms with E-state index < -0.39 is 22.7 Å². The van der Waals surface area contributed by atoms with Crippen molar-refractivity contribution in [2.75, 3.05) is 20.1 Å². The Labute approximate surface area is 175 Å². The van der Waals surface area contributed by atoms with Crippen LogP contribution in [0.3, 0.4) is 0 Å². The Morgan fingerprint density at radius 3 is 2.40 bits per heavy atom. The largest absolute Gasteiger partial charge is 0.417 e. The Kier molecular flexibility index (Phi) is 6.17. The van der Waals surface area contributed by atoms with Crippen molar-refractivity contribution in [1.29, 1.82) is 0 Å². The minimum atomic E-state index is -4.66. The fraction of sp³-hybridized carbons (Fsp3) is 0.238. The number of nitrogens with zero attached hydrogens (tertiary/aromatic N) is 2. The van der Waals surface area contributed by atoms with Crippen LogP contribution in [0.15, 0.2) is 58.7 Å². The Bertz CT molecular complexity index is 1030. The molecule has 0 bridgehead atoms. The summed E-state index contributed by atoms with van der Waals surface area (Å²) in [5, 5.41) is -0.634. The highest BCUT2D eigenvalue weighted by atomic mass is 35.5. The highest BCUT2D eigenvalue weighted by molar-refractivity contribution is 6.34. The third kappa shape index (κ3) is 4.33. The van der Waals surface area contributed by atoms with E-state index in [2.05, 4.69) is 4.99 Å². The van der Waals surface area contributed by atoms with Crippen LogP contribution in [0.1, 0.15) is 27.9 Å². The van der Waals surface area contributed by atoms with Crippen LogP contribution in [0, 0.1) is 5.82 Å². The van der Waals surface area contributed by atoms with Gasteiger partial charge in [0, 0.05) is 30.4 Å². The van der Waals surface area contributed by atoms with Crippen molar-refractivity contribution in [2.24, 2.45) is 10.7 Å². The van der Waals surface area contributed by atoms with Gasteiger partial charge in [-0.05, 0) is 42.8 Å². The molecule has 1 aliphatic rings. The van der Waals surface area contributed by atoms with Crippen molar-refractivity contribution >= 4 is 23.2 Å². The van der Waals surface area contributed by atoms with E-state index in [1.165, 1.54) is 23.1 Å². The number of carbonyl (C=O) groups excluding carboxylic acids is 1. The number of alkyl halides is 3. The zero-order chi connectivity index (χ0) is 22.1. The Hall–Kier alpha value is -2.87. The number of carbonyl (C=O) groups is 1. The summed E-state index contributed by atoms with van der Waals surface area (Å²) in [6, 6.07) is 9.01. The quantitative estimate of drug-likeness (QED) is 0.558. The van der Waals surface area contributed by atoms with E-state index in [1.54, 1.807) is 19.2 Å². The number of rotatable bonds is 3. The van der Waals surface area contributed by atoms with Gasteiger partial charge in [0.25, 0.3) is 5.91 Å². The molecule has 0 spiro atoms. The molecule has 1 amide bonds. The number of hydrogen-bond acceptors (Lipinski definition) is 3. The molecule has 4 nitrogen and oxygen atoms in total. The molecule has 30 heavy (non-hydrogen) atoms. The number of amides is 1. The highest BCUT2D eigenvalue weighted by Crippen LogP contribution is 2.36. The monoisotopic (exact) mass is 439 g/mol. The summed E-state index contributed by atoms with van der Waals surface area (Å²) < 4.78 is 52.5. The molecule has 9 heteroatoms. The summed E-state index contributed by atoms with van der Waals surface area (Å²) in [6.45, 7) is 0.239. The lowest BCUT2D eigenvalue weighted by molar-refractivity contribution is -0.137. The van der Waals surface area contributed by atoms with Crippen LogP contribution >= 0.6 is 11.6 Å². The molecule has 0 aliphatic carbocycles. The van der Waals surface area contributed by atoms with Crippen molar-refractivity contribution in [3.63, 3.8) is 0 Å². The second kappa shape index (κ2) is 8.47. The van der Waals surface area contributed by atoms with E-state index >= 15 is 0 Å². The first-order valence-corrected chi connectivity index (χ1v) is 9.37. The van der Waals surface area contributed by atoms with Gasteiger partial charge < -0.3 is 10.6 Å². The van der Waals surface area contributed by atoms with Gasteiger partial charge in [-0.2, -0.15) is 13.2 Å². The predicted molar refractivity (Wildman–Crippen MR) is 107 cm³/mol. The van der Waals surface area contributed by atoms with Crippen LogP contribution < -0.4 is 5.73 Å².